The maximum atomic E-state index is 12.1. The largest absolute Gasteiger partial charge is 0.493 e. The van der Waals surface area contributed by atoms with Gasteiger partial charge in [-0.1, -0.05) is 6.07 Å². The van der Waals surface area contributed by atoms with E-state index in [0.717, 1.165) is 25.0 Å². The first-order valence-corrected chi connectivity index (χ1v) is 8.62. The summed E-state index contributed by atoms with van der Waals surface area (Å²) in [5, 5.41) is 14.9. The van der Waals surface area contributed by atoms with Crippen LogP contribution < -0.4 is 20.1 Å². The first kappa shape index (κ1) is 19.6. The molecule has 0 aromatic heterocycles. The number of nitrogens with zero attached hydrogens (tertiary/aromatic N) is 1. The Balaban J connectivity index is 1.79. The topological polar surface area (TPSA) is 92.6 Å². The van der Waals surface area contributed by atoms with Crippen molar-refractivity contribution in [2.24, 2.45) is 0 Å². The van der Waals surface area contributed by atoms with Crippen LogP contribution >= 0.6 is 0 Å². The zero-order chi connectivity index (χ0) is 18.8. The van der Waals surface area contributed by atoms with Gasteiger partial charge in [-0.05, 0) is 37.0 Å². The van der Waals surface area contributed by atoms with E-state index < -0.39 is 5.91 Å². The molecule has 7 heteroatoms. The molecule has 0 bridgehead atoms. The highest BCUT2D eigenvalue weighted by Gasteiger charge is 2.15. The van der Waals surface area contributed by atoms with E-state index in [2.05, 4.69) is 10.6 Å². The minimum Gasteiger partial charge on any atom is -0.493 e. The molecule has 7 nitrogen and oxygen atoms in total. The molecule has 1 aliphatic heterocycles. The van der Waals surface area contributed by atoms with Crippen molar-refractivity contribution in [3.8, 4) is 17.6 Å². The number of nitrogens with one attached hydrogen (secondary N) is 2. The number of amides is 1. The summed E-state index contributed by atoms with van der Waals surface area (Å²) >= 11 is 0. The van der Waals surface area contributed by atoms with Crippen molar-refractivity contribution in [1.82, 2.24) is 10.6 Å². The van der Waals surface area contributed by atoms with Gasteiger partial charge in [-0.25, -0.2) is 0 Å². The standard InChI is InChI=1S/C19H25N3O4/c1-24-17-6-5-14(10-18(17)25-2)7-8-22-19(23)15(11-20)12-21-13-16-4-3-9-26-16/h5-6,10,12,16,21H,3-4,7-9,13H2,1-2H3,(H,22,23)/b15-12-. The summed E-state index contributed by atoms with van der Waals surface area (Å²) < 4.78 is 15.9. The molecule has 0 saturated carbocycles. The lowest BCUT2D eigenvalue weighted by molar-refractivity contribution is -0.117. The minimum atomic E-state index is -0.396. The number of nitriles is 1. The van der Waals surface area contributed by atoms with Gasteiger partial charge in [0.1, 0.15) is 11.6 Å². The Labute approximate surface area is 153 Å². The molecule has 0 aliphatic carbocycles. The Morgan fingerprint density at radius 1 is 1.38 bits per heavy atom. The van der Waals surface area contributed by atoms with Gasteiger partial charge in [-0.15, -0.1) is 0 Å². The van der Waals surface area contributed by atoms with Crippen LogP contribution in [0.4, 0.5) is 0 Å². The molecule has 1 fully saturated rings. The summed E-state index contributed by atoms with van der Waals surface area (Å²) in [5.74, 6) is 0.910. The third kappa shape index (κ3) is 5.67. The molecular formula is C19H25N3O4. The molecule has 1 atom stereocenters. The molecule has 1 aromatic rings. The van der Waals surface area contributed by atoms with Crippen LogP contribution in [-0.2, 0) is 16.0 Å². The molecule has 2 N–H and O–H groups in total. The van der Waals surface area contributed by atoms with Crippen LogP contribution in [0.25, 0.3) is 0 Å². The van der Waals surface area contributed by atoms with Crippen LogP contribution in [0.2, 0.25) is 0 Å². The molecule has 1 saturated heterocycles. The molecule has 140 valence electrons. The maximum absolute atomic E-state index is 12.1. The summed E-state index contributed by atoms with van der Waals surface area (Å²) in [5.41, 5.74) is 1.05. The highest BCUT2D eigenvalue weighted by molar-refractivity contribution is 5.97. The van der Waals surface area contributed by atoms with Crippen molar-refractivity contribution in [1.29, 1.82) is 5.26 Å². The summed E-state index contributed by atoms with van der Waals surface area (Å²) in [6.07, 6.45) is 4.28. The lowest BCUT2D eigenvalue weighted by atomic mass is 10.1. The van der Waals surface area contributed by atoms with Crippen molar-refractivity contribution >= 4 is 5.91 Å². The zero-order valence-electron chi connectivity index (χ0n) is 15.2. The van der Waals surface area contributed by atoms with Crippen molar-refractivity contribution in [2.45, 2.75) is 25.4 Å². The third-order valence-corrected chi connectivity index (χ3v) is 4.13. The average molecular weight is 359 g/mol. The first-order valence-electron chi connectivity index (χ1n) is 8.62. The van der Waals surface area contributed by atoms with E-state index in [9.17, 15) is 4.79 Å². The predicted molar refractivity (Wildman–Crippen MR) is 96.9 cm³/mol. The molecule has 2 rings (SSSR count). The van der Waals surface area contributed by atoms with E-state index in [-0.39, 0.29) is 11.7 Å². The van der Waals surface area contributed by atoms with Crippen molar-refractivity contribution in [3.63, 3.8) is 0 Å². The van der Waals surface area contributed by atoms with E-state index in [4.69, 9.17) is 19.5 Å². The third-order valence-electron chi connectivity index (χ3n) is 4.13. The van der Waals surface area contributed by atoms with Gasteiger partial charge >= 0.3 is 0 Å². The van der Waals surface area contributed by atoms with Crippen molar-refractivity contribution in [3.05, 3.63) is 35.5 Å². The molecular weight excluding hydrogens is 334 g/mol. The maximum Gasteiger partial charge on any atom is 0.263 e. The highest BCUT2D eigenvalue weighted by Crippen LogP contribution is 2.27. The Hall–Kier alpha value is -2.72. The number of methoxy groups -OCH3 is 2. The summed E-state index contributed by atoms with van der Waals surface area (Å²) in [6, 6.07) is 7.53. The number of benzene rings is 1. The van der Waals surface area contributed by atoms with Gasteiger partial charge in [0, 0.05) is 25.9 Å². The molecule has 1 aliphatic rings. The van der Waals surface area contributed by atoms with Gasteiger partial charge in [0.15, 0.2) is 11.5 Å². The molecule has 1 unspecified atom stereocenters. The average Bonchev–Trinajstić information content (AvgIpc) is 3.18. The van der Waals surface area contributed by atoms with Crippen LogP contribution in [0.5, 0.6) is 11.5 Å². The lowest BCUT2D eigenvalue weighted by Crippen LogP contribution is -2.29. The normalized spacial score (nSPS) is 16.7. The van der Waals surface area contributed by atoms with Gasteiger partial charge < -0.3 is 24.8 Å². The number of carbonyl (C=O) groups is 1. The second-order valence-electron chi connectivity index (χ2n) is 5.91. The van der Waals surface area contributed by atoms with Crippen LogP contribution in [0.3, 0.4) is 0 Å². The molecule has 0 radical (unpaired) electrons. The van der Waals surface area contributed by atoms with Crippen LogP contribution in [0.1, 0.15) is 18.4 Å². The Kier molecular flexibility index (Phi) is 7.77. The fourth-order valence-electron chi connectivity index (χ4n) is 2.70. The van der Waals surface area contributed by atoms with E-state index in [1.165, 1.54) is 6.20 Å². The van der Waals surface area contributed by atoms with Crippen LogP contribution in [0, 0.1) is 11.3 Å². The monoisotopic (exact) mass is 359 g/mol. The molecule has 26 heavy (non-hydrogen) atoms. The SMILES string of the molecule is COc1ccc(CCNC(=O)/C(C#N)=C\NCC2CCCO2)cc1OC. The predicted octanol–water partition coefficient (Wildman–Crippen LogP) is 1.54. The minimum absolute atomic E-state index is 0.0512. The number of hydrogen-bond donors (Lipinski definition) is 2. The van der Waals surface area contributed by atoms with E-state index in [1.807, 2.05) is 24.3 Å². The summed E-state index contributed by atoms with van der Waals surface area (Å²) in [4.78, 5) is 12.1. The Morgan fingerprint density at radius 3 is 2.85 bits per heavy atom. The molecule has 1 amide bonds. The lowest BCUT2D eigenvalue weighted by Gasteiger charge is -2.10. The van der Waals surface area contributed by atoms with Crippen molar-refractivity contribution in [2.75, 3.05) is 33.9 Å². The summed E-state index contributed by atoms with van der Waals surface area (Å²) in [7, 11) is 3.16. The number of hydrogen-bond acceptors (Lipinski definition) is 6. The second kappa shape index (κ2) is 10.3. The van der Waals surface area contributed by atoms with E-state index in [1.54, 1.807) is 14.2 Å². The highest BCUT2D eigenvalue weighted by atomic mass is 16.5. The molecule has 1 aromatic carbocycles. The zero-order valence-corrected chi connectivity index (χ0v) is 15.2. The molecule has 1 heterocycles. The van der Waals surface area contributed by atoms with Crippen LogP contribution in [0.15, 0.2) is 30.0 Å². The van der Waals surface area contributed by atoms with Crippen LogP contribution in [-0.4, -0.2) is 45.9 Å². The number of ether oxygens (including phenoxy) is 3. The Morgan fingerprint density at radius 2 is 2.19 bits per heavy atom. The van der Waals surface area contributed by atoms with Gasteiger partial charge in [0.2, 0.25) is 0 Å². The van der Waals surface area contributed by atoms with Gasteiger partial charge in [-0.2, -0.15) is 5.26 Å². The van der Waals surface area contributed by atoms with Crippen molar-refractivity contribution < 1.29 is 19.0 Å². The smallest absolute Gasteiger partial charge is 0.263 e. The fourth-order valence-corrected chi connectivity index (χ4v) is 2.70. The second-order valence-corrected chi connectivity index (χ2v) is 5.91. The first-order chi connectivity index (χ1) is 12.7. The fraction of sp³-hybridized carbons (Fsp3) is 0.474. The summed E-state index contributed by atoms with van der Waals surface area (Å²) in [6.45, 7) is 1.79. The van der Waals surface area contributed by atoms with Gasteiger partial charge in [-0.3, -0.25) is 4.79 Å². The van der Waals surface area contributed by atoms with Gasteiger partial charge in [0.25, 0.3) is 5.91 Å². The molecule has 0 spiro atoms. The van der Waals surface area contributed by atoms with E-state index in [0.29, 0.717) is 31.0 Å². The number of rotatable bonds is 9. The van der Waals surface area contributed by atoms with E-state index >= 15 is 0 Å². The number of carbonyl (C=O) groups excluding carboxylic acids is 1. The quantitative estimate of drug-likeness (QED) is 0.513. The van der Waals surface area contributed by atoms with Gasteiger partial charge in [0.05, 0.1) is 20.3 Å². The Bertz CT molecular complexity index is 676.